The molecule has 0 fully saturated rings. The van der Waals surface area contributed by atoms with Gasteiger partial charge in [0.1, 0.15) is 11.2 Å². The fraction of sp³-hybridized carbons (Fsp3) is 0.119. The van der Waals surface area contributed by atoms with Gasteiger partial charge in [-0.15, -0.1) is 0 Å². The highest BCUT2D eigenvalue weighted by Gasteiger charge is 2.49. The summed E-state index contributed by atoms with van der Waals surface area (Å²) in [5, 5.41) is 2.27. The van der Waals surface area contributed by atoms with Gasteiger partial charge in [0, 0.05) is 33.3 Å². The molecular formula is C59H47NO. The van der Waals surface area contributed by atoms with Gasteiger partial charge in [0.15, 0.2) is 0 Å². The van der Waals surface area contributed by atoms with Gasteiger partial charge in [-0.3, -0.25) is 0 Å². The molecule has 11 rings (SSSR count). The second-order valence-electron chi connectivity index (χ2n) is 17.7. The summed E-state index contributed by atoms with van der Waals surface area (Å²) in [4.78, 5) is 2.46. The van der Waals surface area contributed by atoms with Crippen molar-refractivity contribution in [2.45, 2.75) is 32.6 Å². The summed E-state index contributed by atoms with van der Waals surface area (Å²) in [5.74, 6) is 0.407. The minimum Gasteiger partial charge on any atom is -0.455 e. The molecule has 0 radical (unpaired) electrons. The third kappa shape index (κ3) is 6.00. The van der Waals surface area contributed by atoms with Crippen LogP contribution < -0.4 is 4.90 Å². The van der Waals surface area contributed by atoms with Crippen molar-refractivity contribution in [1.29, 1.82) is 0 Å². The fourth-order valence-corrected chi connectivity index (χ4v) is 10.2. The first-order valence-corrected chi connectivity index (χ1v) is 21.5. The number of rotatable bonds is 7. The second kappa shape index (κ2) is 14.5. The summed E-state index contributed by atoms with van der Waals surface area (Å²) in [5.41, 5.74) is 17.4. The Morgan fingerprint density at radius 3 is 1.84 bits per heavy atom. The average molecular weight is 786 g/mol. The number of furan rings is 1. The topological polar surface area (TPSA) is 16.4 Å². The standard InChI is InChI=1S/C59H47NO/c1-58(2,3)44-32-36-49-50-37-35-46(39-54(50)59(53(49)38-44,42-20-9-5-10-21-42)43-22-11-6-12-23-43)60(55-28-15-13-24-47(55)40-18-7-4-8-19-40)45-33-30-41(31-34-45)48-26-17-27-52-51-25-14-16-29-56(51)61-57(48)52/h4-37,39,44H,38H2,1-3H3. The van der Waals surface area contributed by atoms with Crippen LogP contribution in [0.5, 0.6) is 0 Å². The van der Waals surface area contributed by atoms with E-state index in [9.17, 15) is 0 Å². The smallest absolute Gasteiger partial charge is 0.143 e. The number of benzene rings is 8. The molecule has 2 heteroatoms. The maximum Gasteiger partial charge on any atom is 0.143 e. The van der Waals surface area contributed by atoms with E-state index in [0.717, 1.165) is 56.5 Å². The van der Waals surface area contributed by atoms with E-state index in [-0.39, 0.29) is 5.41 Å². The summed E-state index contributed by atoms with van der Waals surface area (Å²) in [6, 6.07) is 73.1. The maximum absolute atomic E-state index is 6.50. The summed E-state index contributed by atoms with van der Waals surface area (Å²) in [7, 11) is 0. The first kappa shape index (κ1) is 36.9. The first-order valence-electron chi connectivity index (χ1n) is 21.5. The van der Waals surface area contributed by atoms with Gasteiger partial charge in [0.2, 0.25) is 0 Å². The van der Waals surface area contributed by atoms with Gasteiger partial charge >= 0.3 is 0 Å². The Bertz CT molecular complexity index is 3090. The van der Waals surface area contributed by atoms with Crippen LogP contribution >= 0.6 is 0 Å². The molecule has 0 aliphatic heterocycles. The zero-order chi connectivity index (χ0) is 41.1. The number of fused-ring (bicyclic) bond motifs is 5. The molecule has 0 saturated carbocycles. The lowest BCUT2D eigenvalue weighted by Crippen LogP contribution is -2.33. The largest absolute Gasteiger partial charge is 0.455 e. The van der Waals surface area contributed by atoms with Crippen molar-refractivity contribution in [3.8, 4) is 22.3 Å². The molecule has 294 valence electrons. The van der Waals surface area contributed by atoms with Crippen LogP contribution in [0, 0.1) is 11.3 Å². The fourth-order valence-electron chi connectivity index (χ4n) is 10.2. The lowest BCUT2D eigenvalue weighted by atomic mass is 9.62. The van der Waals surface area contributed by atoms with E-state index in [1.807, 2.05) is 6.07 Å². The van der Waals surface area contributed by atoms with Gasteiger partial charge < -0.3 is 9.32 Å². The number of hydrogen-bond donors (Lipinski definition) is 0. The molecule has 1 unspecified atom stereocenters. The third-order valence-corrected chi connectivity index (χ3v) is 13.2. The maximum atomic E-state index is 6.50. The van der Waals surface area contributed by atoms with E-state index in [1.165, 1.54) is 44.5 Å². The van der Waals surface area contributed by atoms with Gasteiger partial charge in [-0.2, -0.15) is 0 Å². The van der Waals surface area contributed by atoms with E-state index in [0.29, 0.717) is 5.92 Å². The molecule has 0 spiro atoms. The molecule has 2 nitrogen and oxygen atoms in total. The van der Waals surface area contributed by atoms with Crippen LogP contribution in [0.1, 0.15) is 49.4 Å². The number of hydrogen-bond acceptors (Lipinski definition) is 2. The van der Waals surface area contributed by atoms with E-state index >= 15 is 0 Å². The quantitative estimate of drug-likeness (QED) is 0.160. The third-order valence-electron chi connectivity index (χ3n) is 13.2. The molecule has 1 atom stereocenters. The molecule has 2 aliphatic carbocycles. The Morgan fingerprint density at radius 1 is 0.525 bits per heavy atom. The lowest BCUT2D eigenvalue weighted by molar-refractivity contribution is 0.285. The molecular weight excluding hydrogens is 739 g/mol. The average Bonchev–Trinajstić information content (AvgIpc) is 3.84. The monoisotopic (exact) mass is 785 g/mol. The van der Waals surface area contributed by atoms with Crippen LogP contribution in [0.2, 0.25) is 0 Å². The highest BCUT2D eigenvalue weighted by molar-refractivity contribution is 6.09. The zero-order valence-electron chi connectivity index (χ0n) is 34.8. The summed E-state index contributed by atoms with van der Waals surface area (Å²) >= 11 is 0. The van der Waals surface area contributed by atoms with E-state index < -0.39 is 5.41 Å². The van der Waals surface area contributed by atoms with E-state index in [4.69, 9.17) is 4.42 Å². The number of para-hydroxylation sites is 3. The number of nitrogens with zero attached hydrogens (tertiary/aromatic N) is 1. The van der Waals surface area contributed by atoms with Crippen LogP contribution in [-0.4, -0.2) is 0 Å². The van der Waals surface area contributed by atoms with Crippen LogP contribution in [0.3, 0.4) is 0 Å². The molecule has 61 heavy (non-hydrogen) atoms. The van der Waals surface area contributed by atoms with Crippen molar-refractivity contribution in [2.24, 2.45) is 11.3 Å². The molecule has 1 aromatic heterocycles. The second-order valence-corrected chi connectivity index (χ2v) is 17.7. The Kier molecular flexibility index (Phi) is 8.79. The van der Waals surface area contributed by atoms with Crippen molar-refractivity contribution in [1.82, 2.24) is 0 Å². The minimum atomic E-state index is -0.475. The van der Waals surface area contributed by atoms with Crippen molar-refractivity contribution in [2.75, 3.05) is 4.90 Å². The molecule has 8 aromatic carbocycles. The molecule has 2 aliphatic rings. The molecule has 1 heterocycles. The molecule has 9 aromatic rings. The van der Waals surface area contributed by atoms with Crippen LogP contribution in [-0.2, 0) is 5.41 Å². The molecule has 0 saturated heterocycles. The highest BCUT2D eigenvalue weighted by atomic mass is 16.3. The van der Waals surface area contributed by atoms with Crippen LogP contribution in [0.15, 0.2) is 222 Å². The minimum absolute atomic E-state index is 0.119. The lowest BCUT2D eigenvalue weighted by Gasteiger charge is -2.40. The van der Waals surface area contributed by atoms with E-state index in [2.05, 4.69) is 232 Å². The molecule has 0 bridgehead atoms. The summed E-state index contributed by atoms with van der Waals surface area (Å²) in [6.45, 7) is 7.14. The summed E-state index contributed by atoms with van der Waals surface area (Å²) in [6.07, 6.45) is 5.90. The zero-order valence-corrected chi connectivity index (χ0v) is 34.8. The Balaban J connectivity index is 1.13. The highest BCUT2D eigenvalue weighted by Crippen LogP contribution is 2.60. The molecule has 0 amide bonds. The Morgan fingerprint density at radius 2 is 1.11 bits per heavy atom. The van der Waals surface area contributed by atoms with Crippen LogP contribution in [0.4, 0.5) is 17.1 Å². The number of allylic oxidation sites excluding steroid dienone is 4. The summed E-state index contributed by atoms with van der Waals surface area (Å²) < 4.78 is 6.50. The predicted octanol–water partition coefficient (Wildman–Crippen LogP) is 16.1. The van der Waals surface area contributed by atoms with Crippen molar-refractivity contribution in [3.63, 3.8) is 0 Å². The normalized spacial score (nSPS) is 15.6. The van der Waals surface area contributed by atoms with E-state index in [1.54, 1.807) is 0 Å². The van der Waals surface area contributed by atoms with Gasteiger partial charge in [-0.05, 0) is 98.7 Å². The van der Waals surface area contributed by atoms with Gasteiger partial charge in [0.05, 0.1) is 11.1 Å². The van der Waals surface area contributed by atoms with Crippen molar-refractivity contribution < 1.29 is 4.42 Å². The van der Waals surface area contributed by atoms with Crippen LogP contribution in [0.25, 0.3) is 49.8 Å². The van der Waals surface area contributed by atoms with Crippen molar-refractivity contribution in [3.05, 3.63) is 240 Å². The van der Waals surface area contributed by atoms with Crippen molar-refractivity contribution >= 4 is 44.6 Å². The first-order chi connectivity index (χ1) is 29.9. The van der Waals surface area contributed by atoms with Gasteiger partial charge in [0.25, 0.3) is 0 Å². The Labute approximate surface area is 358 Å². The Hall–Kier alpha value is -7.16. The van der Waals surface area contributed by atoms with Gasteiger partial charge in [-0.1, -0.05) is 197 Å². The SMILES string of the molecule is CC(C)(C)C1C=CC2=C(C1)C(c1ccccc1)(c1ccccc1)c1cc(N(c3ccc(-c4cccc5c4oc4ccccc45)cc3)c3ccccc3-c3ccccc3)ccc12. The molecule has 0 N–H and O–H groups in total. The number of anilines is 3. The van der Waals surface area contributed by atoms with Gasteiger partial charge in [-0.25, -0.2) is 0 Å². The predicted molar refractivity (Wildman–Crippen MR) is 256 cm³/mol.